The summed E-state index contributed by atoms with van der Waals surface area (Å²) in [6.45, 7) is 5.55. The van der Waals surface area contributed by atoms with Crippen LogP contribution in [0, 0.1) is 0 Å². The Balaban J connectivity index is 3.94. The van der Waals surface area contributed by atoms with Crippen molar-refractivity contribution in [1.29, 1.82) is 0 Å². The van der Waals surface area contributed by atoms with Gasteiger partial charge in [-0.05, 0) is 32.6 Å². The summed E-state index contributed by atoms with van der Waals surface area (Å²) < 4.78 is 30.2. The van der Waals surface area contributed by atoms with Crippen LogP contribution in [0.1, 0.15) is 59.3 Å². The molecule has 0 rings (SSSR count). The van der Waals surface area contributed by atoms with Crippen LogP contribution in [0.15, 0.2) is 0 Å². The van der Waals surface area contributed by atoms with E-state index in [1.807, 2.05) is 0 Å². The Morgan fingerprint density at radius 3 is 2.32 bits per heavy atom. The van der Waals surface area contributed by atoms with Gasteiger partial charge in [0.25, 0.3) is 0 Å². The highest BCUT2D eigenvalue weighted by molar-refractivity contribution is 7.89. The molecule has 0 aromatic carbocycles. The fourth-order valence-corrected chi connectivity index (χ4v) is 2.44. The number of hydrogen-bond donors (Lipinski definition) is 1. The second kappa shape index (κ2) is 10.2. The molecular weight excluding hydrogens is 266 g/mol. The van der Waals surface area contributed by atoms with Crippen LogP contribution in [0.3, 0.4) is 0 Å². The summed E-state index contributed by atoms with van der Waals surface area (Å²) in [5.41, 5.74) is 0. The molecule has 0 bridgehead atoms. The minimum atomic E-state index is -3.12. The van der Waals surface area contributed by atoms with E-state index in [0.717, 1.165) is 25.7 Å². The van der Waals surface area contributed by atoms with Gasteiger partial charge in [0.1, 0.15) is 6.10 Å². The minimum Gasteiger partial charge on any atom is -0.463 e. The maximum atomic E-state index is 11.2. The third-order valence-corrected chi connectivity index (χ3v) is 4.27. The van der Waals surface area contributed by atoms with Gasteiger partial charge in [0.2, 0.25) is 10.0 Å². The Bertz CT molecular complexity index is 341. The van der Waals surface area contributed by atoms with Crippen LogP contribution in [-0.4, -0.2) is 32.8 Å². The zero-order valence-electron chi connectivity index (χ0n) is 12.3. The zero-order chi connectivity index (χ0) is 14.7. The molecule has 0 spiro atoms. The van der Waals surface area contributed by atoms with Crippen molar-refractivity contribution in [2.75, 3.05) is 12.3 Å². The molecule has 0 radical (unpaired) electrons. The minimum absolute atomic E-state index is 0.0878. The molecule has 5 nitrogen and oxygen atoms in total. The molecule has 6 heteroatoms. The van der Waals surface area contributed by atoms with Gasteiger partial charge in [-0.3, -0.25) is 4.79 Å². The highest BCUT2D eigenvalue weighted by Gasteiger charge is 2.12. The first-order chi connectivity index (χ1) is 8.91. The van der Waals surface area contributed by atoms with Crippen LogP contribution in [0.4, 0.5) is 0 Å². The van der Waals surface area contributed by atoms with E-state index >= 15 is 0 Å². The predicted molar refractivity (Wildman–Crippen MR) is 76.4 cm³/mol. The topological polar surface area (TPSA) is 72.5 Å². The number of esters is 1. The maximum Gasteiger partial charge on any atom is 0.302 e. The SMILES string of the molecule is CCCCCC(CCCNS(=O)(=O)CC)OC(C)=O. The second-order valence-electron chi connectivity index (χ2n) is 4.67. The van der Waals surface area contributed by atoms with Crippen molar-refractivity contribution in [2.45, 2.75) is 65.4 Å². The van der Waals surface area contributed by atoms with Gasteiger partial charge in [0.15, 0.2) is 0 Å². The molecule has 0 saturated carbocycles. The normalized spacial score (nSPS) is 13.2. The van der Waals surface area contributed by atoms with E-state index in [4.69, 9.17) is 4.74 Å². The highest BCUT2D eigenvalue weighted by atomic mass is 32.2. The van der Waals surface area contributed by atoms with Crippen LogP contribution in [0.25, 0.3) is 0 Å². The van der Waals surface area contributed by atoms with E-state index in [1.54, 1.807) is 6.92 Å². The third kappa shape index (κ3) is 10.9. The van der Waals surface area contributed by atoms with Gasteiger partial charge in [-0.15, -0.1) is 0 Å². The molecule has 1 unspecified atom stereocenters. The largest absolute Gasteiger partial charge is 0.463 e. The second-order valence-corrected chi connectivity index (χ2v) is 6.76. The fraction of sp³-hybridized carbons (Fsp3) is 0.923. The van der Waals surface area contributed by atoms with Crippen molar-refractivity contribution in [1.82, 2.24) is 4.72 Å². The molecule has 0 aliphatic heterocycles. The molecular formula is C13H27NO4S. The molecule has 19 heavy (non-hydrogen) atoms. The predicted octanol–water partition coefficient (Wildman–Crippen LogP) is 2.22. The van der Waals surface area contributed by atoms with Crippen LogP contribution < -0.4 is 4.72 Å². The van der Waals surface area contributed by atoms with Gasteiger partial charge in [-0.1, -0.05) is 19.8 Å². The summed E-state index contributed by atoms with van der Waals surface area (Å²) >= 11 is 0. The van der Waals surface area contributed by atoms with Gasteiger partial charge in [0, 0.05) is 13.5 Å². The van der Waals surface area contributed by atoms with Crippen LogP contribution in [0.5, 0.6) is 0 Å². The van der Waals surface area contributed by atoms with E-state index in [0.29, 0.717) is 19.4 Å². The fourth-order valence-electron chi connectivity index (χ4n) is 1.78. The molecule has 0 fully saturated rings. The van der Waals surface area contributed by atoms with E-state index in [2.05, 4.69) is 11.6 Å². The maximum absolute atomic E-state index is 11.2. The van der Waals surface area contributed by atoms with Crippen molar-refractivity contribution in [3.63, 3.8) is 0 Å². The molecule has 0 heterocycles. The summed E-state index contributed by atoms with van der Waals surface area (Å²) in [4.78, 5) is 11.0. The average molecular weight is 293 g/mol. The number of rotatable bonds is 11. The number of nitrogens with one attached hydrogen (secondary N) is 1. The van der Waals surface area contributed by atoms with Gasteiger partial charge >= 0.3 is 5.97 Å². The van der Waals surface area contributed by atoms with Crippen molar-refractivity contribution in [3.05, 3.63) is 0 Å². The lowest BCUT2D eigenvalue weighted by atomic mass is 10.1. The average Bonchev–Trinajstić information content (AvgIpc) is 2.34. The van der Waals surface area contributed by atoms with Crippen LogP contribution in [0.2, 0.25) is 0 Å². The molecule has 0 aliphatic carbocycles. The Kier molecular flexibility index (Phi) is 9.87. The first-order valence-corrected chi connectivity index (χ1v) is 8.71. The quantitative estimate of drug-likeness (QED) is 0.468. The standard InChI is InChI=1S/C13H27NO4S/c1-4-6-7-9-13(18-12(3)15)10-8-11-14-19(16,17)5-2/h13-14H,4-11H2,1-3H3. The lowest BCUT2D eigenvalue weighted by molar-refractivity contribution is -0.147. The Labute approximate surface area is 117 Å². The monoisotopic (exact) mass is 293 g/mol. The number of hydrogen-bond acceptors (Lipinski definition) is 4. The molecule has 0 aromatic rings. The van der Waals surface area contributed by atoms with E-state index < -0.39 is 10.0 Å². The van der Waals surface area contributed by atoms with Crippen molar-refractivity contribution in [2.24, 2.45) is 0 Å². The Hall–Kier alpha value is -0.620. The lowest BCUT2D eigenvalue weighted by Crippen LogP contribution is -2.27. The first kappa shape index (κ1) is 18.4. The molecule has 1 N–H and O–H groups in total. The molecule has 0 aliphatic rings. The van der Waals surface area contributed by atoms with Gasteiger partial charge < -0.3 is 4.74 Å². The van der Waals surface area contributed by atoms with Crippen LogP contribution in [-0.2, 0) is 19.6 Å². The Morgan fingerprint density at radius 2 is 1.79 bits per heavy atom. The molecule has 114 valence electrons. The van der Waals surface area contributed by atoms with Crippen molar-refractivity contribution >= 4 is 16.0 Å². The van der Waals surface area contributed by atoms with Crippen molar-refractivity contribution < 1.29 is 17.9 Å². The van der Waals surface area contributed by atoms with E-state index in [-0.39, 0.29) is 17.8 Å². The smallest absolute Gasteiger partial charge is 0.302 e. The summed E-state index contributed by atoms with van der Waals surface area (Å²) in [5.74, 6) is -0.174. The van der Waals surface area contributed by atoms with E-state index in [9.17, 15) is 13.2 Å². The number of sulfonamides is 1. The number of carbonyl (C=O) groups excluding carboxylic acids is 1. The van der Waals surface area contributed by atoms with Gasteiger partial charge in [-0.2, -0.15) is 0 Å². The molecule has 0 aromatic heterocycles. The first-order valence-electron chi connectivity index (χ1n) is 7.05. The van der Waals surface area contributed by atoms with Gasteiger partial charge in [-0.25, -0.2) is 13.1 Å². The summed E-state index contributed by atoms with van der Waals surface area (Å²) in [6.07, 6.45) is 5.45. The highest BCUT2D eigenvalue weighted by Crippen LogP contribution is 2.12. The molecule has 1 atom stereocenters. The molecule has 0 amide bonds. The molecule has 0 saturated heterocycles. The summed E-state index contributed by atoms with van der Waals surface area (Å²) in [7, 11) is -3.12. The summed E-state index contributed by atoms with van der Waals surface area (Å²) in [6, 6.07) is 0. The van der Waals surface area contributed by atoms with Crippen LogP contribution >= 0.6 is 0 Å². The van der Waals surface area contributed by atoms with Crippen molar-refractivity contribution in [3.8, 4) is 0 Å². The lowest BCUT2D eigenvalue weighted by Gasteiger charge is -2.17. The number of unbranched alkanes of at least 4 members (excludes halogenated alkanes) is 2. The number of carbonyl (C=O) groups is 1. The third-order valence-electron chi connectivity index (χ3n) is 2.87. The number of ether oxygens (including phenoxy) is 1. The zero-order valence-corrected chi connectivity index (χ0v) is 13.1. The Morgan fingerprint density at radius 1 is 1.16 bits per heavy atom. The van der Waals surface area contributed by atoms with Gasteiger partial charge in [0.05, 0.1) is 5.75 Å². The van der Waals surface area contributed by atoms with E-state index in [1.165, 1.54) is 6.92 Å². The summed E-state index contributed by atoms with van der Waals surface area (Å²) in [5, 5.41) is 0.